The fraction of sp³-hybridized carbons (Fsp3) is 0.800. The van der Waals surface area contributed by atoms with Gasteiger partial charge in [-0.1, -0.05) is 66.2 Å². The largest absolute Gasteiger partial charge is 0.450 e. The van der Waals surface area contributed by atoms with Crippen molar-refractivity contribution in [3.05, 3.63) is 23.3 Å². The summed E-state index contributed by atoms with van der Waals surface area (Å²) in [6, 6.07) is 2.22. The Morgan fingerprint density at radius 2 is 1.78 bits per heavy atom. The maximum atomic E-state index is 13.3. The topological polar surface area (TPSA) is 99.4 Å². The molecule has 2 N–H and O–H groups in total. The monoisotopic (exact) mass is 564 g/mol. The Labute approximate surface area is 247 Å². The third kappa shape index (κ3) is 4.27. The molecule has 0 saturated heterocycles. The molecule has 0 aromatic heterocycles. The van der Waals surface area contributed by atoms with Crippen molar-refractivity contribution in [1.82, 2.24) is 5.32 Å². The van der Waals surface area contributed by atoms with Crippen LogP contribution in [-0.2, 0) is 9.53 Å². The van der Waals surface area contributed by atoms with Crippen LogP contribution >= 0.6 is 0 Å². The Bertz CT molecular complexity index is 1220. The third-order valence-electron chi connectivity index (χ3n) is 13.4. The summed E-state index contributed by atoms with van der Waals surface area (Å²) in [7, 11) is 0. The number of nitriles is 1. The highest BCUT2D eigenvalue weighted by atomic mass is 16.5. The Morgan fingerprint density at radius 1 is 1.10 bits per heavy atom. The summed E-state index contributed by atoms with van der Waals surface area (Å²) in [5, 5.41) is 24.9. The zero-order valence-corrected chi connectivity index (χ0v) is 26.7. The maximum absolute atomic E-state index is 13.3. The van der Waals surface area contributed by atoms with E-state index in [-0.39, 0.29) is 50.9 Å². The van der Waals surface area contributed by atoms with Gasteiger partial charge in [0, 0.05) is 17.4 Å². The highest BCUT2D eigenvalue weighted by molar-refractivity contribution is 6.04. The second-order valence-electron chi connectivity index (χ2n) is 16.2. The van der Waals surface area contributed by atoms with E-state index in [0.29, 0.717) is 19.1 Å². The first-order valence-corrected chi connectivity index (χ1v) is 16.0. The number of aliphatic hydroxyl groups is 1. The van der Waals surface area contributed by atoms with Crippen molar-refractivity contribution in [2.45, 2.75) is 113 Å². The van der Waals surface area contributed by atoms with Crippen LogP contribution in [0.25, 0.3) is 0 Å². The summed E-state index contributed by atoms with van der Waals surface area (Å²) in [6.07, 6.45) is 11.3. The number of hydrogen-bond donors (Lipinski definition) is 2. The van der Waals surface area contributed by atoms with Gasteiger partial charge in [0.15, 0.2) is 5.78 Å². The van der Waals surface area contributed by atoms with E-state index in [4.69, 9.17) is 4.74 Å². The standard InChI is InChI=1S/C35H52N2O4/c1-9-37-29(40)41-17-16-35-14-12-30(2,3)20-23(35)27-24(38)18-26-32(6)19-22(21-36)28(39)31(4,5)25(32)10-11-33(26,7)34(27,8)13-15-35/h18-19,23-25,27,38H,9-17,20H2,1-8H3,(H,37,40)/t23?,24?,25-,27?,32-,33+,34+,35+/m0/s1. The van der Waals surface area contributed by atoms with Crippen molar-refractivity contribution < 1.29 is 19.4 Å². The summed E-state index contributed by atoms with van der Waals surface area (Å²) in [4.78, 5) is 25.4. The molecule has 0 aromatic carbocycles. The molecule has 0 aliphatic heterocycles. The highest BCUT2D eigenvalue weighted by Crippen LogP contribution is 2.75. The van der Waals surface area contributed by atoms with Gasteiger partial charge in [0.05, 0.1) is 18.3 Å². The smallest absolute Gasteiger partial charge is 0.407 e. The van der Waals surface area contributed by atoms with Gasteiger partial charge in [-0.05, 0) is 97.7 Å². The normalized spacial score (nSPS) is 44.0. The van der Waals surface area contributed by atoms with E-state index < -0.39 is 16.9 Å². The Kier molecular flexibility index (Phi) is 7.17. The molecular weight excluding hydrogens is 512 g/mol. The second-order valence-corrected chi connectivity index (χ2v) is 16.2. The van der Waals surface area contributed by atoms with E-state index in [0.717, 1.165) is 51.4 Å². The van der Waals surface area contributed by atoms with Gasteiger partial charge >= 0.3 is 6.09 Å². The van der Waals surface area contributed by atoms with Crippen LogP contribution in [0.1, 0.15) is 107 Å². The molecule has 1 amide bonds. The van der Waals surface area contributed by atoms with Gasteiger partial charge in [0.1, 0.15) is 6.07 Å². The SMILES string of the molecule is CCNC(=O)OCC[C@]12CCC(C)(C)CC1C1C(O)C=C3[C@@]4(C)C=C(C#N)C(=O)C(C)(C)[C@@H]4CC[C@@]3(C)[C@]1(C)CC2. The molecule has 3 unspecified atom stereocenters. The number of carbonyl (C=O) groups excluding carboxylic acids is 2. The first-order chi connectivity index (χ1) is 19.0. The number of hydrogen-bond acceptors (Lipinski definition) is 5. The number of rotatable bonds is 4. The van der Waals surface area contributed by atoms with Crippen molar-refractivity contribution in [3.8, 4) is 6.07 Å². The molecule has 3 fully saturated rings. The first kappa shape index (κ1) is 30.3. The average molecular weight is 565 g/mol. The second kappa shape index (κ2) is 9.69. The summed E-state index contributed by atoms with van der Waals surface area (Å²) in [5.41, 5.74) is 0.388. The van der Waals surface area contributed by atoms with Crippen molar-refractivity contribution >= 4 is 11.9 Å². The number of nitrogens with one attached hydrogen (secondary N) is 1. The lowest BCUT2D eigenvalue weighted by Gasteiger charge is -2.70. The molecule has 3 saturated carbocycles. The van der Waals surface area contributed by atoms with Crippen LogP contribution in [0.15, 0.2) is 23.3 Å². The molecule has 0 radical (unpaired) electrons. The molecule has 5 aliphatic carbocycles. The minimum atomic E-state index is -0.626. The lowest BCUT2D eigenvalue weighted by molar-refractivity contribution is -0.189. The van der Waals surface area contributed by atoms with Crippen LogP contribution in [0.3, 0.4) is 0 Å². The third-order valence-corrected chi connectivity index (χ3v) is 13.4. The van der Waals surface area contributed by atoms with Gasteiger partial charge < -0.3 is 15.2 Å². The predicted molar refractivity (Wildman–Crippen MR) is 160 cm³/mol. The highest BCUT2D eigenvalue weighted by Gasteiger charge is 2.69. The quantitative estimate of drug-likeness (QED) is 0.354. The van der Waals surface area contributed by atoms with Crippen LogP contribution in [0, 0.1) is 61.6 Å². The fourth-order valence-electron chi connectivity index (χ4n) is 11.0. The van der Waals surface area contributed by atoms with Gasteiger partial charge in [-0.15, -0.1) is 0 Å². The van der Waals surface area contributed by atoms with E-state index in [2.05, 4.69) is 52.1 Å². The first-order valence-electron chi connectivity index (χ1n) is 16.0. The molecule has 226 valence electrons. The van der Waals surface area contributed by atoms with Crippen LogP contribution in [0.4, 0.5) is 4.79 Å². The number of amides is 1. The van der Waals surface area contributed by atoms with Crippen LogP contribution < -0.4 is 5.32 Å². The molecular formula is C35H52N2O4. The molecule has 8 atom stereocenters. The summed E-state index contributed by atoms with van der Waals surface area (Å²) in [6.45, 7) is 18.7. The Balaban J connectivity index is 1.58. The fourth-order valence-corrected chi connectivity index (χ4v) is 11.0. The van der Waals surface area contributed by atoms with Gasteiger partial charge in [0.25, 0.3) is 0 Å². The number of ketones is 1. The van der Waals surface area contributed by atoms with E-state index in [1.807, 2.05) is 26.8 Å². The van der Waals surface area contributed by atoms with Crippen LogP contribution in [0.2, 0.25) is 0 Å². The summed E-state index contributed by atoms with van der Waals surface area (Å²) >= 11 is 0. The molecule has 0 aromatic rings. The van der Waals surface area contributed by atoms with E-state index >= 15 is 0 Å². The molecule has 41 heavy (non-hydrogen) atoms. The van der Waals surface area contributed by atoms with Gasteiger partial charge in [-0.2, -0.15) is 5.26 Å². The molecule has 0 heterocycles. The maximum Gasteiger partial charge on any atom is 0.407 e. The molecule has 0 spiro atoms. The number of aliphatic hydroxyl groups excluding tert-OH is 1. The van der Waals surface area contributed by atoms with E-state index in [9.17, 15) is 20.0 Å². The lowest BCUT2D eigenvalue weighted by Crippen LogP contribution is -2.65. The van der Waals surface area contributed by atoms with Crippen molar-refractivity contribution in [3.63, 3.8) is 0 Å². The van der Waals surface area contributed by atoms with Crippen molar-refractivity contribution in [2.24, 2.45) is 50.2 Å². The predicted octanol–water partition coefficient (Wildman–Crippen LogP) is 7.13. The number of carbonyl (C=O) groups is 2. The zero-order valence-electron chi connectivity index (χ0n) is 26.7. The number of fused-ring (bicyclic) bond motifs is 7. The van der Waals surface area contributed by atoms with Crippen LogP contribution in [-0.4, -0.2) is 36.2 Å². The lowest BCUT2D eigenvalue weighted by atomic mass is 9.34. The molecule has 6 heteroatoms. The van der Waals surface area contributed by atoms with Crippen molar-refractivity contribution in [1.29, 1.82) is 5.26 Å². The molecule has 0 bridgehead atoms. The number of allylic oxidation sites excluding steroid dienone is 3. The van der Waals surface area contributed by atoms with Gasteiger partial charge in [-0.25, -0.2) is 4.79 Å². The number of alkyl carbamates (subject to hydrolysis) is 1. The Morgan fingerprint density at radius 3 is 2.44 bits per heavy atom. The average Bonchev–Trinajstić information content (AvgIpc) is 2.88. The zero-order chi connectivity index (χ0) is 30.2. The van der Waals surface area contributed by atoms with Crippen LogP contribution in [0.5, 0.6) is 0 Å². The summed E-state index contributed by atoms with van der Waals surface area (Å²) < 4.78 is 5.61. The van der Waals surface area contributed by atoms with E-state index in [1.165, 1.54) is 5.57 Å². The van der Waals surface area contributed by atoms with Gasteiger partial charge in [-0.3, -0.25) is 4.79 Å². The molecule has 5 aliphatic rings. The number of Topliss-reactive ketones (excluding diaryl/α,β-unsaturated/α-hetero) is 1. The van der Waals surface area contributed by atoms with Crippen molar-refractivity contribution in [2.75, 3.05) is 13.2 Å². The number of nitrogens with zero attached hydrogens (tertiary/aromatic N) is 1. The minimum absolute atomic E-state index is 0.0448. The molecule has 5 rings (SSSR count). The van der Waals surface area contributed by atoms with E-state index in [1.54, 1.807) is 0 Å². The number of ether oxygens (including phenoxy) is 1. The minimum Gasteiger partial charge on any atom is -0.450 e. The molecule has 6 nitrogen and oxygen atoms in total. The van der Waals surface area contributed by atoms with Gasteiger partial charge in [0.2, 0.25) is 0 Å². The summed E-state index contributed by atoms with van der Waals surface area (Å²) in [5.74, 6) is 0.474. The Hall–Kier alpha value is -2.13.